The third-order valence-electron chi connectivity index (χ3n) is 3.64. The Morgan fingerprint density at radius 2 is 2.11 bits per heavy atom. The Bertz CT molecular complexity index is 469. The van der Waals surface area contributed by atoms with Crippen molar-refractivity contribution in [3.63, 3.8) is 0 Å². The Kier molecular flexibility index (Phi) is 4.52. The van der Waals surface area contributed by atoms with Gasteiger partial charge in [0, 0.05) is 6.04 Å². The molecule has 1 fully saturated rings. The Morgan fingerprint density at radius 3 is 2.84 bits per heavy atom. The summed E-state index contributed by atoms with van der Waals surface area (Å²) >= 11 is 5.78. The molecular formula is C12H17ClN4O2. The Morgan fingerprint density at radius 1 is 1.37 bits per heavy atom. The molecule has 104 valence electrons. The zero-order valence-corrected chi connectivity index (χ0v) is 11.6. The maximum Gasteiger partial charge on any atom is 0.348 e. The predicted octanol–water partition coefficient (Wildman–Crippen LogP) is 3.42. The first kappa shape index (κ1) is 14.0. The van der Waals surface area contributed by atoms with E-state index in [0.29, 0.717) is 5.92 Å². The van der Waals surface area contributed by atoms with Crippen molar-refractivity contribution >= 4 is 23.1 Å². The first-order valence-electron chi connectivity index (χ1n) is 6.51. The monoisotopic (exact) mass is 284 g/mol. The van der Waals surface area contributed by atoms with Gasteiger partial charge in [-0.05, 0) is 18.8 Å². The van der Waals surface area contributed by atoms with Crippen molar-refractivity contribution in [2.24, 2.45) is 5.92 Å². The highest BCUT2D eigenvalue weighted by Crippen LogP contribution is 2.32. The zero-order chi connectivity index (χ0) is 13.8. The largest absolute Gasteiger partial charge is 0.361 e. The molecule has 1 heterocycles. The molecule has 0 saturated heterocycles. The van der Waals surface area contributed by atoms with Crippen LogP contribution in [0.15, 0.2) is 6.33 Å². The van der Waals surface area contributed by atoms with E-state index < -0.39 is 4.92 Å². The first-order valence-corrected chi connectivity index (χ1v) is 6.89. The third-order valence-corrected chi connectivity index (χ3v) is 3.92. The number of rotatable bonds is 3. The number of halogens is 1. The van der Waals surface area contributed by atoms with Crippen molar-refractivity contribution < 1.29 is 4.92 Å². The lowest BCUT2D eigenvalue weighted by molar-refractivity contribution is -0.384. The lowest BCUT2D eigenvalue weighted by Crippen LogP contribution is -2.27. The van der Waals surface area contributed by atoms with Crippen LogP contribution in [0.3, 0.4) is 0 Å². The Hall–Kier alpha value is -1.43. The maximum atomic E-state index is 11.0. The summed E-state index contributed by atoms with van der Waals surface area (Å²) < 4.78 is 0. The summed E-state index contributed by atoms with van der Waals surface area (Å²) in [5.41, 5.74) is -0.236. The molecule has 1 aliphatic rings. The minimum atomic E-state index is -0.536. The third kappa shape index (κ3) is 3.32. The molecule has 1 aromatic heterocycles. The van der Waals surface area contributed by atoms with Gasteiger partial charge in [-0.25, -0.2) is 9.97 Å². The minimum Gasteiger partial charge on any atom is -0.361 e. The highest BCUT2D eigenvalue weighted by atomic mass is 35.5. The molecule has 1 saturated carbocycles. The smallest absolute Gasteiger partial charge is 0.348 e. The molecule has 7 heteroatoms. The second-order valence-corrected chi connectivity index (χ2v) is 5.34. The lowest BCUT2D eigenvalue weighted by Gasteiger charge is -2.23. The van der Waals surface area contributed by atoms with E-state index in [9.17, 15) is 10.1 Å². The predicted molar refractivity (Wildman–Crippen MR) is 73.4 cm³/mol. The van der Waals surface area contributed by atoms with Gasteiger partial charge in [-0.2, -0.15) is 0 Å². The van der Waals surface area contributed by atoms with Crippen molar-refractivity contribution in [1.29, 1.82) is 0 Å². The van der Waals surface area contributed by atoms with Gasteiger partial charge in [-0.1, -0.05) is 37.8 Å². The van der Waals surface area contributed by atoms with E-state index in [1.807, 2.05) is 0 Å². The number of nitrogens with zero attached hydrogens (tertiary/aromatic N) is 3. The van der Waals surface area contributed by atoms with Crippen LogP contribution < -0.4 is 5.32 Å². The van der Waals surface area contributed by atoms with E-state index >= 15 is 0 Å². The fraction of sp³-hybridized carbons (Fsp3) is 0.667. The molecule has 6 nitrogen and oxygen atoms in total. The summed E-state index contributed by atoms with van der Waals surface area (Å²) in [4.78, 5) is 18.1. The van der Waals surface area contributed by atoms with Crippen LogP contribution in [0.25, 0.3) is 0 Å². The molecule has 2 rings (SSSR count). The summed E-state index contributed by atoms with van der Waals surface area (Å²) in [7, 11) is 0. The van der Waals surface area contributed by atoms with Gasteiger partial charge in [0.15, 0.2) is 0 Å². The highest BCUT2D eigenvalue weighted by Gasteiger charge is 2.26. The summed E-state index contributed by atoms with van der Waals surface area (Å²) in [6, 6.07) is 0.201. The van der Waals surface area contributed by atoms with E-state index in [1.165, 1.54) is 19.2 Å². The molecule has 0 aromatic carbocycles. The van der Waals surface area contributed by atoms with E-state index in [0.717, 1.165) is 19.3 Å². The second kappa shape index (κ2) is 6.14. The number of hydrogen-bond donors (Lipinski definition) is 1. The van der Waals surface area contributed by atoms with E-state index in [4.69, 9.17) is 11.6 Å². The van der Waals surface area contributed by atoms with Gasteiger partial charge in [0.25, 0.3) is 0 Å². The number of anilines is 1. The van der Waals surface area contributed by atoms with Crippen LogP contribution in [0.4, 0.5) is 11.5 Å². The highest BCUT2D eigenvalue weighted by molar-refractivity contribution is 6.31. The molecular weight excluding hydrogens is 268 g/mol. The van der Waals surface area contributed by atoms with Crippen molar-refractivity contribution in [3.05, 3.63) is 21.6 Å². The van der Waals surface area contributed by atoms with Crippen LogP contribution in [-0.4, -0.2) is 20.9 Å². The molecule has 0 spiro atoms. The molecule has 1 aliphatic carbocycles. The first-order chi connectivity index (χ1) is 9.09. The topological polar surface area (TPSA) is 81.0 Å². The van der Waals surface area contributed by atoms with Crippen LogP contribution in [-0.2, 0) is 0 Å². The van der Waals surface area contributed by atoms with Crippen LogP contribution in [0.1, 0.15) is 39.0 Å². The van der Waals surface area contributed by atoms with Gasteiger partial charge in [0.05, 0.1) is 4.92 Å². The standard InChI is InChI=1S/C12H17ClN4O2/c1-8-5-3-2-4-6-9(8)16-12-10(17(18)19)11(13)14-7-15-12/h7-9H,2-6H2,1H3,(H,14,15,16). The van der Waals surface area contributed by atoms with Gasteiger partial charge < -0.3 is 5.32 Å². The molecule has 0 aliphatic heterocycles. The van der Waals surface area contributed by atoms with E-state index in [1.54, 1.807) is 0 Å². The summed E-state index contributed by atoms with van der Waals surface area (Å²) in [5, 5.41) is 14.1. The van der Waals surface area contributed by atoms with E-state index in [2.05, 4.69) is 22.2 Å². The zero-order valence-electron chi connectivity index (χ0n) is 10.8. The van der Waals surface area contributed by atoms with Gasteiger partial charge >= 0.3 is 5.69 Å². The van der Waals surface area contributed by atoms with Gasteiger partial charge in [0.1, 0.15) is 6.33 Å². The quantitative estimate of drug-likeness (QED) is 0.398. The molecule has 2 atom stereocenters. The fourth-order valence-corrected chi connectivity index (χ4v) is 2.71. The maximum absolute atomic E-state index is 11.0. The molecule has 2 unspecified atom stereocenters. The second-order valence-electron chi connectivity index (χ2n) is 4.98. The van der Waals surface area contributed by atoms with Crippen molar-refractivity contribution in [3.8, 4) is 0 Å². The van der Waals surface area contributed by atoms with Crippen LogP contribution in [0.2, 0.25) is 5.15 Å². The summed E-state index contributed by atoms with van der Waals surface area (Å²) in [5.74, 6) is 0.694. The van der Waals surface area contributed by atoms with Crippen molar-refractivity contribution in [1.82, 2.24) is 9.97 Å². The Labute approximate surface area is 116 Å². The van der Waals surface area contributed by atoms with Crippen LogP contribution >= 0.6 is 11.6 Å². The molecule has 0 radical (unpaired) electrons. The van der Waals surface area contributed by atoms with Crippen LogP contribution in [0.5, 0.6) is 0 Å². The molecule has 19 heavy (non-hydrogen) atoms. The number of nitrogens with one attached hydrogen (secondary N) is 1. The number of nitro groups is 1. The Balaban J connectivity index is 2.22. The van der Waals surface area contributed by atoms with Crippen molar-refractivity contribution in [2.75, 3.05) is 5.32 Å². The van der Waals surface area contributed by atoms with E-state index in [-0.39, 0.29) is 22.7 Å². The van der Waals surface area contributed by atoms with Gasteiger partial charge in [-0.3, -0.25) is 10.1 Å². The lowest BCUT2D eigenvalue weighted by atomic mass is 9.97. The molecule has 0 bridgehead atoms. The molecule has 1 N–H and O–H groups in total. The summed E-state index contributed by atoms with van der Waals surface area (Å²) in [6.45, 7) is 2.16. The number of aromatic nitrogens is 2. The van der Waals surface area contributed by atoms with Crippen molar-refractivity contribution in [2.45, 2.75) is 45.1 Å². The average molecular weight is 285 g/mol. The number of hydrogen-bond acceptors (Lipinski definition) is 5. The fourth-order valence-electron chi connectivity index (χ4n) is 2.51. The minimum absolute atomic E-state index is 0.122. The molecule has 1 aromatic rings. The summed E-state index contributed by atoms with van der Waals surface area (Å²) in [6.07, 6.45) is 6.94. The average Bonchev–Trinajstić information content (AvgIpc) is 2.54. The van der Waals surface area contributed by atoms with Gasteiger partial charge in [0.2, 0.25) is 11.0 Å². The normalized spacial score (nSPS) is 23.7. The van der Waals surface area contributed by atoms with Gasteiger partial charge in [-0.15, -0.1) is 0 Å². The SMILES string of the molecule is CC1CCCCCC1Nc1ncnc(Cl)c1[N+](=O)[O-]. The van der Waals surface area contributed by atoms with Crippen LogP contribution in [0, 0.1) is 16.0 Å². The molecule has 0 amide bonds.